The summed E-state index contributed by atoms with van der Waals surface area (Å²) in [6, 6.07) is 6.90. The summed E-state index contributed by atoms with van der Waals surface area (Å²) in [5.74, 6) is -0.293. The van der Waals surface area contributed by atoms with Crippen molar-refractivity contribution in [2.75, 3.05) is 11.9 Å². The summed E-state index contributed by atoms with van der Waals surface area (Å²) in [5.41, 5.74) is 0.515. The second kappa shape index (κ2) is 7.01. The fraction of sp³-hybridized carbons (Fsp3) is 0.385. The van der Waals surface area contributed by atoms with Gasteiger partial charge in [-0.2, -0.15) is 0 Å². The van der Waals surface area contributed by atoms with Crippen LogP contribution in [0.3, 0.4) is 0 Å². The number of para-hydroxylation sites is 1. The number of hydrogen-bond acceptors (Lipinski definition) is 2. The molecule has 2 N–H and O–H groups in total. The molecule has 2 amide bonds. The zero-order valence-corrected chi connectivity index (χ0v) is 11.3. The van der Waals surface area contributed by atoms with Crippen LogP contribution in [0.15, 0.2) is 24.3 Å². The lowest BCUT2D eigenvalue weighted by Gasteiger charge is -2.09. The largest absolute Gasteiger partial charge is 0.355 e. The number of benzene rings is 1. The molecule has 18 heavy (non-hydrogen) atoms. The van der Waals surface area contributed by atoms with Crippen LogP contribution in [0, 0.1) is 5.92 Å². The summed E-state index contributed by atoms with van der Waals surface area (Å²) in [4.78, 5) is 23.0. The number of carbonyl (C=O) groups excluding carboxylic acids is 2. The topological polar surface area (TPSA) is 58.2 Å². The van der Waals surface area contributed by atoms with Crippen LogP contribution in [0.2, 0.25) is 5.02 Å². The van der Waals surface area contributed by atoms with E-state index in [1.54, 1.807) is 24.3 Å². The zero-order valence-electron chi connectivity index (χ0n) is 10.5. The highest BCUT2D eigenvalue weighted by molar-refractivity contribution is 6.33. The molecule has 98 valence electrons. The minimum atomic E-state index is -0.371. The minimum Gasteiger partial charge on any atom is -0.355 e. The quantitative estimate of drug-likeness (QED) is 0.806. The maximum absolute atomic E-state index is 11.6. The van der Waals surface area contributed by atoms with E-state index in [-0.39, 0.29) is 18.2 Å². The molecule has 0 radical (unpaired) electrons. The number of nitrogens with one attached hydrogen (secondary N) is 2. The Labute approximate surface area is 112 Å². The maximum Gasteiger partial charge on any atom is 0.233 e. The van der Waals surface area contributed by atoms with E-state index in [2.05, 4.69) is 10.6 Å². The van der Waals surface area contributed by atoms with E-state index in [4.69, 9.17) is 11.6 Å². The lowest BCUT2D eigenvalue weighted by atomic mass is 10.2. The molecule has 4 nitrogen and oxygen atoms in total. The molecule has 1 aromatic carbocycles. The molecule has 0 saturated heterocycles. The van der Waals surface area contributed by atoms with Gasteiger partial charge in [-0.1, -0.05) is 37.6 Å². The Kier molecular flexibility index (Phi) is 5.65. The van der Waals surface area contributed by atoms with Gasteiger partial charge in [0.2, 0.25) is 11.8 Å². The maximum atomic E-state index is 11.6. The fourth-order valence-corrected chi connectivity index (χ4v) is 1.47. The molecule has 1 aromatic rings. The van der Waals surface area contributed by atoms with Crippen LogP contribution in [0.1, 0.15) is 20.3 Å². The molecule has 0 spiro atoms. The number of rotatable bonds is 5. The van der Waals surface area contributed by atoms with Gasteiger partial charge in [-0.15, -0.1) is 0 Å². The van der Waals surface area contributed by atoms with E-state index in [1.165, 1.54) is 0 Å². The standard InChI is InChI=1S/C13H17ClN2O2/c1-9(2)8-15-12(17)7-13(18)16-11-6-4-3-5-10(11)14/h3-6,9H,7-8H2,1-2H3,(H,15,17)(H,16,18). The molecule has 0 aliphatic rings. The van der Waals surface area contributed by atoms with Gasteiger partial charge in [0, 0.05) is 6.54 Å². The van der Waals surface area contributed by atoms with Crippen molar-refractivity contribution in [2.24, 2.45) is 5.92 Å². The minimum absolute atomic E-state index is 0.196. The molecule has 0 unspecified atom stereocenters. The molecule has 0 fully saturated rings. The van der Waals surface area contributed by atoms with E-state index in [0.29, 0.717) is 23.2 Å². The highest BCUT2D eigenvalue weighted by atomic mass is 35.5. The second-order valence-electron chi connectivity index (χ2n) is 4.40. The predicted molar refractivity (Wildman–Crippen MR) is 72.5 cm³/mol. The third kappa shape index (κ3) is 5.19. The predicted octanol–water partition coefficient (Wildman–Crippen LogP) is 2.44. The van der Waals surface area contributed by atoms with E-state index in [9.17, 15) is 9.59 Å². The van der Waals surface area contributed by atoms with Crippen molar-refractivity contribution in [3.63, 3.8) is 0 Å². The highest BCUT2D eigenvalue weighted by Crippen LogP contribution is 2.20. The molecule has 0 bridgehead atoms. The summed E-state index contributed by atoms with van der Waals surface area (Å²) in [5, 5.41) is 5.73. The van der Waals surface area contributed by atoms with Crippen LogP contribution >= 0.6 is 11.6 Å². The van der Waals surface area contributed by atoms with Crippen LogP contribution in [-0.2, 0) is 9.59 Å². The lowest BCUT2D eigenvalue weighted by molar-refractivity contribution is -0.126. The molecule has 0 heterocycles. The molecule has 5 heteroatoms. The van der Waals surface area contributed by atoms with Crippen LogP contribution in [-0.4, -0.2) is 18.4 Å². The van der Waals surface area contributed by atoms with Crippen molar-refractivity contribution in [2.45, 2.75) is 20.3 Å². The summed E-state index contributed by atoms with van der Waals surface area (Å²) in [6.07, 6.45) is -0.196. The third-order valence-electron chi connectivity index (χ3n) is 2.18. The Bertz CT molecular complexity index is 433. The van der Waals surface area contributed by atoms with Gasteiger partial charge in [0.15, 0.2) is 0 Å². The Morgan fingerprint density at radius 1 is 1.22 bits per heavy atom. The number of hydrogen-bond donors (Lipinski definition) is 2. The lowest BCUT2D eigenvalue weighted by Crippen LogP contribution is -2.30. The molecule has 0 aliphatic carbocycles. The molecule has 0 saturated carbocycles. The fourth-order valence-electron chi connectivity index (χ4n) is 1.28. The molecule has 1 rings (SSSR count). The van der Waals surface area contributed by atoms with Crippen molar-refractivity contribution in [3.8, 4) is 0 Å². The Hall–Kier alpha value is -1.55. The summed E-state index contributed by atoms with van der Waals surface area (Å²) in [6.45, 7) is 4.55. The summed E-state index contributed by atoms with van der Waals surface area (Å²) >= 11 is 5.89. The number of carbonyl (C=O) groups is 2. The van der Waals surface area contributed by atoms with Crippen molar-refractivity contribution in [1.29, 1.82) is 0 Å². The monoisotopic (exact) mass is 268 g/mol. The van der Waals surface area contributed by atoms with Gasteiger partial charge in [-0.25, -0.2) is 0 Å². The Morgan fingerprint density at radius 3 is 2.50 bits per heavy atom. The van der Waals surface area contributed by atoms with E-state index in [1.807, 2.05) is 13.8 Å². The molecule has 0 aliphatic heterocycles. The van der Waals surface area contributed by atoms with Crippen LogP contribution in [0.25, 0.3) is 0 Å². The van der Waals surface area contributed by atoms with Gasteiger partial charge < -0.3 is 10.6 Å². The molecule has 0 aromatic heterocycles. The number of amides is 2. The molecular formula is C13H17ClN2O2. The van der Waals surface area contributed by atoms with Crippen LogP contribution in [0.4, 0.5) is 5.69 Å². The SMILES string of the molecule is CC(C)CNC(=O)CC(=O)Nc1ccccc1Cl. The first-order valence-electron chi connectivity index (χ1n) is 5.80. The van der Waals surface area contributed by atoms with Gasteiger partial charge in [0.1, 0.15) is 6.42 Å². The third-order valence-corrected chi connectivity index (χ3v) is 2.51. The van der Waals surface area contributed by atoms with Crippen LogP contribution in [0.5, 0.6) is 0 Å². The first-order valence-corrected chi connectivity index (χ1v) is 6.18. The zero-order chi connectivity index (χ0) is 13.5. The highest BCUT2D eigenvalue weighted by Gasteiger charge is 2.10. The van der Waals surface area contributed by atoms with Crippen molar-refractivity contribution in [1.82, 2.24) is 5.32 Å². The van der Waals surface area contributed by atoms with Gasteiger partial charge >= 0.3 is 0 Å². The second-order valence-corrected chi connectivity index (χ2v) is 4.81. The number of halogens is 1. The Balaban J connectivity index is 2.42. The van der Waals surface area contributed by atoms with Crippen molar-refractivity contribution in [3.05, 3.63) is 29.3 Å². The average Bonchev–Trinajstić information content (AvgIpc) is 2.29. The normalized spacial score (nSPS) is 10.2. The van der Waals surface area contributed by atoms with Gasteiger partial charge in [-0.05, 0) is 18.1 Å². The van der Waals surface area contributed by atoms with E-state index in [0.717, 1.165) is 0 Å². The molecular weight excluding hydrogens is 252 g/mol. The van der Waals surface area contributed by atoms with E-state index >= 15 is 0 Å². The Morgan fingerprint density at radius 2 is 1.89 bits per heavy atom. The van der Waals surface area contributed by atoms with Gasteiger partial charge in [-0.3, -0.25) is 9.59 Å². The van der Waals surface area contributed by atoms with Gasteiger partial charge in [0.05, 0.1) is 10.7 Å². The summed E-state index contributed by atoms with van der Waals surface area (Å²) in [7, 11) is 0. The van der Waals surface area contributed by atoms with Crippen molar-refractivity contribution < 1.29 is 9.59 Å². The number of anilines is 1. The first-order chi connectivity index (χ1) is 8.49. The van der Waals surface area contributed by atoms with Crippen molar-refractivity contribution >= 4 is 29.1 Å². The summed E-state index contributed by atoms with van der Waals surface area (Å²) < 4.78 is 0. The van der Waals surface area contributed by atoms with E-state index < -0.39 is 0 Å². The average molecular weight is 269 g/mol. The smallest absolute Gasteiger partial charge is 0.233 e. The first kappa shape index (κ1) is 14.5. The van der Waals surface area contributed by atoms with Crippen LogP contribution < -0.4 is 10.6 Å². The molecule has 0 atom stereocenters. The van der Waals surface area contributed by atoms with Gasteiger partial charge in [0.25, 0.3) is 0 Å².